The standard InChI is InChI=1S/C10H15N5O2/c1-17-6-5-15(4-2-3-11)10(16)8-7-9(12)14-13-8/h7H,2,4-6H2,1H3,(H3,12,13,14). The molecule has 3 N–H and O–H groups in total. The van der Waals surface area contributed by atoms with E-state index < -0.39 is 0 Å². The SMILES string of the molecule is COCCN(CCC#N)C(=O)c1cc(N)n[nH]1. The molecule has 0 radical (unpaired) electrons. The third-order valence-electron chi connectivity index (χ3n) is 2.17. The first kappa shape index (κ1) is 13.0. The van der Waals surface area contributed by atoms with Gasteiger partial charge in [0.2, 0.25) is 0 Å². The number of methoxy groups -OCH3 is 1. The number of ether oxygens (including phenoxy) is 1. The zero-order valence-electron chi connectivity index (χ0n) is 9.64. The monoisotopic (exact) mass is 237 g/mol. The van der Waals surface area contributed by atoms with Crippen LogP contribution in [0.15, 0.2) is 6.07 Å². The first-order valence-corrected chi connectivity index (χ1v) is 5.15. The van der Waals surface area contributed by atoms with Crippen molar-refractivity contribution in [3.63, 3.8) is 0 Å². The lowest BCUT2D eigenvalue weighted by Gasteiger charge is -2.20. The molecule has 1 rings (SSSR count). The van der Waals surface area contributed by atoms with Crippen molar-refractivity contribution in [1.82, 2.24) is 15.1 Å². The molecule has 0 bridgehead atoms. The Bertz CT molecular complexity index is 409. The van der Waals surface area contributed by atoms with Gasteiger partial charge in [0.05, 0.1) is 19.1 Å². The van der Waals surface area contributed by atoms with Crippen molar-refractivity contribution in [3.05, 3.63) is 11.8 Å². The third kappa shape index (κ3) is 3.77. The van der Waals surface area contributed by atoms with Crippen LogP contribution >= 0.6 is 0 Å². The summed E-state index contributed by atoms with van der Waals surface area (Å²) in [6.07, 6.45) is 0.277. The number of H-pyrrole nitrogens is 1. The Kier molecular flexibility index (Phi) is 4.97. The van der Waals surface area contributed by atoms with Crippen LogP contribution in [0.2, 0.25) is 0 Å². The first-order valence-electron chi connectivity index (χ1n) is 5.15. The lowest BCUT2D eigenvalue weighted by Crippen LogP contribution is -2.34. The Morgan fingerprint density at radius 3 is 3.00 bits per heavy atom. The van der Waals surface area contributed by atoms with E-state index in [2.05, 4.69) is 10.2 Å². The smallest absolute Gasteiger partial charge is 0.272 e. The molecule has 0 aliphatic carbocycles. The van der Waals surface area contributed by atoms with Crippen LogP contribution in [-0.4, -0.2) is 47.8 Å². The van der Waals surface area contributed by atoms with E-state index in [1.165, 1.54) is 11.0 Å². The van der Waals surface area contributed by atoms with Gasteiger partial charge in [-0.2, -0.15) is 10.4 Å². The number of carbonyl (C=O) groups is 1. The summed E-state index contributed by atoms with van der Waals surface area (Å²) in [5.41, 5.74) is 5.74. The molecule has 0 fully saturated rings. The minimum Gasteiger partial charge on any atom is -0.383 e. The molecule has 0 aliphatic rings. The number of hydrogen-bond donors (Lipinski definition) is 2. The number of aromatic nitrogens is 2. The van der Waals surface area contributed by atoms with E-state index >= 15 is 0 Å². The Hall–Kier alpha value is -2.07. The van der Waals surface area contributed by atoms with Crippen LogP contribution in [0.3, 0.4) is 0 Å². The van der Waals surface area contributed by atoms with Gasteiger partial charge in [-0.25, -0.2) is 0 Å². The summed E-state index contributed by atoms with van der Waals surface area (Å²) in [6.45, 7) is 1.20. The van der Waals surface area contributed by atoms with Crippen molar-refractivity contribution < 1.29 is 9.53 Å². The summed E-state index contributed by atoms with van der Waals surface area (Å²) in [5, 5.41) is 14.8. The number of nitrogens with two attached hydrogens (primary N) is 1. The lowest BCUT2D eigenvalue weighted by molar-refractivity contribution is 0.0694. The van der Waals surface area contributed by atoms with Gasteiger partial charge in [0, 0.05) is 26.3 Å². The quantitative estimate of drug-likeness (QED) is 0.723. The van der Waals surface area contributed by atoms with Crippen LogP contribution in [0.4, 0.5) is 5.82 Å². The predicted molar refractivity (Wildman–Crippen MR) is 61.0 cm³/mol. The zero-order chi connectivity index (χ0) is 12.7. The minimum atomic E-state index is -0.235. The molecular formula is C10H15N5O2. The van der Waals surface area contributed by atoms with Crippen molar-refractivity contribution in [2.24, 2.45) is 0 Å². The number of hydrogen-bond acceptors (Lipinski definition) is 5. The van der Waals surface area contributed by atoms with Crippen LogP contribution in [0, 0.1) is 11.3 Å². The van der Waals surface area contributed by atoms with Gasteiger partial charge >= 0.3 is 0 Å². The molecule has 0 saturated heterocycles. The van der Waals surface area contributed by atoms with Gasteiger partial charge in [-0.15, -0.1) is 0 Å². The summed E-state index contributed by atoms with van der Waals surface area (Å²) >= 11 is 0. The molecule has 17 heavy (non-hydrogen) atoms. The fraction of sp³-hybridized carbons (Fsp3) is 0.500. The van der Waals surface area contributed by atoms with Gasteiger partial charge in [0.15, 0.2) is 0 Å². The number of nitriles is 1. The van der Waals surface area contributed by atoms with Crippen LogP contribution < -0.4 is 5.73 Å². The molecule has 0 aliphatic heterocycles. The maximum atomic E-state index is 12.0. The molecule has 1 aromatic rings. The highest BCUT2D eigenvalue weighted by atomic mass is 16.5. The van der Waals surface area contributed by atoms with Crippen LogP contribution in [0.1, 0.15) is 16.9 Å². The number of anilines is 1. The van der Waals surface area contributed by atoms with Crippen molar-refractivity contribution in [3.8, 4) is 6.07 Å². The number of rotatable bonds is 6. The van der Waals surface area contributed by atoms with Crippen molar-refractivity contribution in [2.45, 2.75) is 6.42 Å². The molecule has 0 saturated carbocycles. The second kappa shape index (κ2) is 6.50. The average Bonchev–Trinajstić information content (AvgIpc) is 2.75. The van der Waals surface area contributed by atoms with Crippen molar-refractivity contribution >= 4 is 11.7 Å². The highest BCUT2D eigenvalue weighted by molar-refractivity contribution is 5.92. The molecule has 0 spiro atoms. The third-order valence-corrected chi connectivity index (χ3v) is 2.17. The van der Waals surface area contributed by atoms with E-state index in [0.717, 1.165) is 0 Å². The summed E-state index contributed by atoms with van der Waals surface area (Å²) < 4.78 is 4.92. The van der Waals surface area contributed by atoms with Crippen LogP contribution in [-0.2, 0) is 4.74 Å². The van der Waals surface area contributed by atoms with Crippen molar-refractivity contribution in [2.75, 3.05) is 32.5 Å². The maximum Gasteiger partial charge on any atom is 0.272 e. The van der Waals surface area contributed by atoms with Gasteiger partial charge in [0.1, 0.15) is 11.5 Å². The minimum absolute atomic E-state index is 0.235. The molecular weight excluding hydrogens is 222 g/mol. The molecule has 1 amide bonds. The molecule has 92 valence electrons. The van der Waals surface area contributed by atoms with Gasteiger partial charge in [-0.3, -0.25) is 9.89 Å². The molecule has 7 heteroatoms. The summed E-state index contributed by atoms with van der Waals surface area (Å²) in [4.78, 5) is 13.5. The van der Waals surface area contributed by atoms with Gasteiger partial charge in [0.25, 0.3) is 5.91 Å². The molecule has 1 heterocycles. The number of amides is 1. The van der Waals surface area contributed by atoms with Crippen LogP contribution in [0.5, 0.6) is 0 Å². The second-order valence-electron chi connectivity index (χ2n) is 3.40. The summed E-state index contributed by atoms with van der Waals surface area (Å²) in [5.74, 6) is 0.0295. The number of carbonyl (C=O) groups excluding carboxylic acids is 1. The van der Waals surface area contributed by atoms with Gasteiger partial charge in [-0.1, -0.05) is 0 Å². The van der Waals surface area contributed by atoms with Crippen LogP contribution in [0.25, 0.3) is 0 Å². The van der Waals surface area contributed by atoms with E-state index in [1.807, 2.05) is 6.07 Å². The van der Waals surface area contributed by atoms with E-state index in [0.29, 0.717) is 25.4 Å². The first-order chi connectivity index (χ1) is 8.19. The molecule has 0 atom stereocenters. The normalized spacial score (nSPS) is 9.88. The zero-order valence-corrected chi connectivity index (χ0v) is 9.64. The lowest BCUT2D eigenvalue weighted by atomic mass is 10.3. The Morgan fingerprint density at radius 2 is 2.47 bits per heavy atom. The van der Waals surface area contributed by atoms with E-state index in [9.17, 15) is 4.79 Å². The molecule has 0 unspecified atom stereocenters. The fourth-order valence-electron chi connectivity index (χ4n) is 1.32. The predicted octanol–water partition coefficient (Wildman–Crippen LogP) is -0.00582. The number of nitrogens with zero attached hydrogens (tertiary/aromatic N) is 3. The number of nitrogen functional groups attached to an aromatic ring is 1. The van der Waals surface area contributed by atoms with Gasteiger partial charge in [-0.05, 0) is 0 Å². The summed E-state index contributed by atoms with van der Waals surface area (Å²) in [6, 6.07) is 3.47. The second-order valence-corrected chi connectivity index (χ2v) is 3.40. The molecule has 0 aromatic carbocycles. The topological polar surface area (TPSA) is 108 Å². The largest absolute Gasteiger partial charge is 0.383 e. The maximum absolute atomic E-state index is 12.0. The highest BCUT2D eigenvalue weighted by Gasteiger charge is 2.17. The highest BCUT2D eigenvalue weighted by Crippen LogP contribution is 2.05. The van der Waals surface area contributed by atoms with E-state index in [-0.39, 0.29) is 18.1 Å². The number of aromatic amines is 1. The molecule has 7 nitrogen and oxygen atoms in total. The Labute approximate surface area is 99.2 Å². The summed E-state index contributed by atoms with van der Waals surface area (Å²) in [7, 11) is 1.56. The molecule has 1 aromatic heterocycles. The van der Waals surface area contributed by atoms with Gasteiger partial charge < -0.3 is 15.4 Å². The van der Waals surface area contributed by atoms with E-state index in [1.54, 1.807) is 7.11 Å². The fourth-order valence-corrected chi connectivity index (χ4v) is 1.32. The average molecular weight is 237 g/mol. The number of nitrogens with one attached hydrogen (secondary N) is 1. The Morgan fingerprint density at radius 1 is 1.71 bits per heavy atom. The van der Waals surface area contributed by atoms with Crippen molar-refractivity contribution in [1.29, 1.82) is 5.26 Å². The Balaban J connectivity index is 2.68. The van der Waals surface area contributed by atoms with E-state index in [4.69, 9.17) is 15.7 Å².